The van der Waals surface area contributed by atoms with Gasteiger partial charge in [-0.15, -0.1) is 0 Å². The molecule has 1 aromatic rings. The minimum absolute atomic E-state index is 0.0631. The molecular formula is C14H18N2O5. The molecule has 0 saturated carbocycles. The largest absolute Gasteiger partial charge is 0.479 e. The molecule has 0 bridgehead atoms. The number of carbonyl (C=O) groups is 3. The molecule has 1 aliphatic heterocycles. The van der Waals surface area contributed by atoms with Crippen LogP contribution in [0.2, 0.25) is 0 Å². The SMILES string of the molecule is CC(=O)c1c(C)[nH]c(C(=O)NC2(C(=O)O)CCOC2)c1C. The molecule has 2 rings (SSSR count). The minimum atomic E-state index is -1.40. The Morgan fingerprint density at radius 1 is 1.33 bits per heavy atom. The van der Waals surface area contributed by atoms with Crippen LogP contribution >= 0.6 is 0 Å². The van der Waals surface area contributed by atoms with Crippen LogP contribution in [-0.4, -0.2) is 46.5 Å². The van der Waals surface area contributed by atoms with Gasteiger partial charge >= 0.3 is 5.97 Å². The number of nitrogens with one attached hydrogen (secondary N) is 2. The van der Waals surface area contributed by atoms with E-state index in [2.05, 4.69) is 10.3 Å². The first kappa shape index (κ1) is 15.2. The van der Waals surface area contributed by atoms with E-state index in [1.807, 2.05) is 0 Å². The quantitative estimate of drug-likeness (QED) is 0.712. The Morgan fingerprint density at radius 3 is 2.43 bits per heavy atom. The third-order valence-corrected chi connectivity index (χ3v) is 3.80. The van der Waals surface area contributed by atoms with Crippen molar-refractivity contribution in [1.82, 2.24) is 10.3 Å². The van der Waals surface area contributed by atoms with Gasteiger partial charge in [0, 0.05) is 24.3 Å². The Bertz CT molecular complexity index is 611. The second-order valence-electron chi connectivity index (χ2n) is 5.33. The summed E-state index contributed by atoms with van der Waals surface area (Å²) in [5.41, 5.74) is 0.394. The van der Waals surface area contributed by atoms with Gasteiger partial charge in [0.05, 0.1) is 6.61 Å². The van der Waals surface area contributed by atoms with Gasteiger partial charge in [0.25, 0.3) is 5.91 Å². The summed E-state index contributed by atoms with van der Waals surface area (Å²) in [6.07, 6.45) is 0.215. The number of rotatable bonds is 4. The standard InChI is InChI=1S/C14H18N2O5/c1-7-10(9(3)17)8(2)15-11(7)12(18)16-14(13(19)20)4-5-21-6-14/h15H,4-6H2,1-3H3,(H,16,18)(H,19,20). The number of carboxylic acid groups (broad SMARTS) is 1. The lowest BCUT2D eigenvalue weighted by Crippen LogP contribution is -2.55. The van der Waals surface area contributed by atoms with Crippen LogP contribution < -0.4 is 5.32 Å². The number of carbonyl (C=O) groups excluding carboxylic acids is 2. The molecule has 1 fully saturated rings. The third kappa shape index (κ3) is 2.56. The van der Waals surface area contributed by atoms with Crippen LogP contribution in [0.15, 0.2) is 0 Å². The number of hydrogen-bond acceptors (Lipinski definition) is 4. The molecule has 7 nitrogen and oxygen atoms in total. The van der Waals surface area contributed by atoms with Crippen LogP contribution in [0.1, 0.15) is 45.4 Å². The van der Waals surface area contributed by atoms with E-state index < -0.39 is 17.4 Å². The van der Waals surface area contributed by atoms with Crippen molar-refractivity contribution in [2.75, 3.05) is 13.2 Å². The van der Waals surface area contributed by atoms with E-state index in [1.54, 1.807) is 13.8 Å². The summed E-state index contributed by atoms with van der Waals surface area (Å²) in [7, 11) is 0. The van der Waals surface area contributed by atoms with Crippen LogP contribution in [0.25, 0.3) is 0 Å². The van der Waals surface area contributed by atoms with Gasteiger partial charge in [-0.25, -0.2) is 4.79 Å². The average Bonchev–Trinajstić information content (AvgIpc) is 2.95. The first-order valence-electron chi connectivity index (χ1n) is 6.62. The van der Waals surface area contributed by atoms with E-state index in [-0.39, 0.29) is 31.1 Å². The Kier molecular flexibility index (Phi) is 3.87. The first-order chi connectivity index (χ1) is 9.78. The highest BCUT2D eigenvalue weighted by molar-refractivity contribution is 6.03. The molecule has 1 amide bonds. The molecule has 1 saturated heterocycles. The summed E-state index contributed by atoms with van der Waals surface area (Å²) in [5.74, 6) is -1.81. The highest BCUT2D eigenvalue weighted by Crippen LogP contribution is 2.22. The summed E-state index contributed by atoms with van der Waals surface area (Å²) < 4.78 is 5.10. The van der Waals surface area contributed by atoms with Crippen molar-refractivity contribution >= 4 is 17.7 Å². The molecule has 0 aliphatic carbocycles. The number of aliphatic carboxylic acids is 1. The summed E-state index contributed by atoms with van der Waals surface area (Å²) in [5, 5.41) is 11.8. The fourth-order valence-electron chi connectivity index (χ4n) is 2.67. The Labute approximate surface area is 121 Å². The molecule has 0 spiro atoms. The molecule has 2 heterocycles. The monoisotopic (exact) mass is 294 g/mol. The molecule has 1 unspecified atom stereocenters. The number of hydrogen-bond donors (Lipinski definition) is 3. The van der Waals surface area contributed by atoms with E-state index in [0.29, 0.717) is 16.8 Å². The summed E-state index contributed by atoms with van der Waals surface area (Å²) in [4.78, 5) is 38.2. The van der Waals surface area contributed by atoms with E-state index in [1.165, 1.54) is 6.92 Å². The molecule has 0 aromatic carbocycles. The van der Waals surface area contributed by atoms with Crippen molar-refractivity contribution < 1.29 is 24.2 Å². The lowest BCUT2D eigenvalue weighted by atomic mass is 9.98. The van der Waals surface area contributed by atoms with E-state index >= 15 is 0 Å². The molecule has 0 radical (unpaired) electrons. The molecule has 7 heteroatoms. The molecule has 114 valence electrons. The Morgan fingerprint density at radius 2 is 2.00 bits per heavy atom. The van der Waals surface area contributed by atoms with E-state index in [4.69, 9.17) is 4.74 Å². The first-order valence-corrected chi connectivity index (χ1v) is 6.62. The van der Waals surface area contributed by atoms with Crippen molar-refractivity contribution in [3.63, 3.8) is 0 Å². The molecule has 3 N–H and O–H groups in total. The second kappa shape index (κ2) is 5.33. The van der Waals surface area contributed by atoms with Crippen LogP contribution in [0.4, 0.5) is 0 Å². The van der Waals surface area contributed by atoms with Gasteiger partial charge in [-0.05, 0) is 26.3 Å². The zero-order valence-electron chi connectivity index (χ0n) is 12.2. The second-order valence-corrected chi connectivity index (χ2v) is 5.33. The number of aryl methyl sites for hydroxylation is 1. The molecular weight excluding hydrogens is 276 g/mol. The van der Waals surface area contributed by atoms with Gasteiger partial charge < -0.3 is 20.1 Å². The number of aromatic amines is 1. The van der Waals surface area contributed by atoms with Crippen molar-refractivity contribution in [2.24, 2.45) is 0 Å². The van der Waals surface area contributed by atoms with Crippen molar-refractivity contribution in [1.29, 1.82) is 0 Å². The zero-order chi connectivity index (χ0) is 15.8. The molecule has 1 aromatic heterocycles. The minimum Gasteiger partial charge on any atom is -0.479 e. The molecule has 21 heavy (non-hydrogen) atoms. The maximum absolute atomic E-state index is 12.3. The Balaban J connectivity index is 2.31. The number of Topliss-reactive ketones (excluding diaryl/α,β-unsaturated/α-hetero) is 1. The summed E-state index contributed by atoms with van der Waals surface area (Å²) in [6, 6.07) is 0. The Hall–Kier alpha value is -2.15. The van der Waals surface area contributed by atoms with Crippen LogP contribution in [0.5, 0.6) is 0 Å². The predicted octanol–water partition coefficient (Wildman–Crippen LogP) is 0.808. The maximum Gasteiger partial charge on any atom is 0.331 e. The number of aromatic nitrogens is 1. The smallest absolute Gasteiger partial charge is 0.331 e. The van der Waals surface area contributed by atoms with Gasteiger partial charge in [0.2, 0.25) is 0 Å². The van der Waals surface area contributed by atoms with Gasteiger partial charge in [-0.2, -0.15) is 0 Å². The normalized spacial score (nSPS) is 21.3. The van der Waals surface area contributed by atoms with E-state index in [9.17, 15) is 19.5 Å². The fourth-order valence-corrected chi connectivity index (χ4v) is 2.67. The average molecular weight is 294 g/mol. The number of amides is 1. The lowest BCUT2D eigenvalue weighted by Gasteiger charge is -2.23. The number of carboxylic acids is 1. The molecule has 1 aliphatic rings. The van der Waals surface area contributed by atoms with Gasteiger partial charge in [0.1, 0.15) is 5.69 Å². The number of ketones is 1. The van der Waals surface area contributed by atoms with E-state index in [0.717, 1.165) is 0 Å². The van der Waals surface area contributed by atoms with Crippen LogP contribution in [0, 0.1) is 13.8 Å². The van der Waals surface area contributed by atoms with Crippen molar-refractivity contribution in [3.05, 3.63) is 22.5 Å². The lowest BCUT2D eigenvalue weighted by molar-refractivity contribution is -0.144. The van der Waals surface area contributed by atoms with Crippen LogP contribution in [-0.2, 0) is 9.53 Å². The van der Waals surface area contributed by atoms with Gasteiger partial charge in [0.15, 0.2) is 11.3 Å². The highest BCUT2D eigenvalue weighted by atomic mass is 16.5. The summed E-state index contributed by atoms with van der Waals surface area (Å²) in [6.45, 7) is 5.01. The summed E-state index contributed by atoms with van der Waals surface area (Å²) >= 11 is 0. The number of H-pyrrole nitrogens is 1. The van der Waals surface area contributed by atoms with Gasteiger partial charge in [-0.3, -0.25) is 9.59 Å². The molecule has 1 atom stereocenters. The third-order valence-electron chi connectivity index (χ3n) is 3.80. The fraction of sp³-hybridized carbons (Fsp3) is 0.500. The number of ether oxygens (including phenoxy) is 1. The van der Waals surface area contributed by atoms with Crippen molar-refractivity contribution in [3.8, 4) is 0 Å². The maximum atomic E-state index is 12.3. The van der Waals surface area contributed by atoms with Crippen molar-refractivity contribution in [2.45, 2.75) is 32.7 Å². The predicted molar refractivity (Wildman–Crippen MR) is 73.5 cm³/mol. The topological polar surface area (TPSA) is 108 Å². The van der Waals surface area contributed by atoms with Crippen LogP contribution in [0.3, 0.4) is 0 Å². The highest BCUT2D eigenvalue weighted by Gasteiger charge is 2.44. The van der Waals surface area contributed by atoms with Gasteiger partial charge in [-0.1, -0.05) is 0 Å². The zero-order valence-corrected chi connectivity index (χ0v) is 12.2.